The van der Waals surface area contributed by atoms with E-state index in [0.29, 0.717) is 24.3 Å². The fraction of sp³-hybridized carbons (Fsp3) is 0.333. The van der Waals surface area contributed by atoms with Crippen LogP contribution in [0.5, 0.6) is 0 Å². The van der Waals surface area contributed by atoms with Gasteiger partial charge in [0.1, 0.15) is 6.04 Å². The third-order valence-corrected chi connectivity index (χ3v) is 3.02. The summed E-state index contributed by atoms with van der Waals surface area (Å²) in [6.07, 6.45) is 0. The number of anilines is 1. The number of nitrogens with zero attached hydrogens (tertiary/aromatic N) is 2. The molecule has 1 unspecified atom stereocenters. The molecule has 3 N–H and O–H groups in total. The van der Waals surface area contributed by atoms with E-state index in [1.54, 1.807) is 41.1 Å². The van der Waals surface area contributed by atoms with E-state index in [4.69, 9.17) is 10.8 Å². The van der Waals surface area contributed by atoms with Crippen molar-refractivity contribution in [2.45, 2.75) is 6.04 Å². The van der Waals surface area contributed by atoms with Gasteiger partial charge in [-0.1, -0.05) is 12.1 Å². The molecule has 1 saturated heterocycles. The molecule has 6 nitrogen and oxygen atoms in total. The van der Waals surface area contributed by atoms with Gasteiger partial charge in [-0.25, -0.2) is 4.79 Å². The Bertz CT molecular complexity index is 489. The maximum atomic E-state index is 11.8. The van der Waals surface area contributed by atoms with Gasteiger partial charge in [-0.2, -0.15) is 0 Å². The summed E-state index contributed by atoms with van der Waals surface area (Å²) in [6.45, 7) is 1.26. The summed E-state index contributed by atoms with van der Waals surface area (Å²) in [5.74, 6) is -1.09. The maximum Gasteiger partial charge on any atom is 0.325 e. The number of aliphatic carboxylic acids is 1. The van der Waals surface area contributed by atoms with Gasteiger partial charge in [-0.3, -0.25) is 9.69 Å². The SMILES string of the molecule is CN1CCN(c2cccc(C(N)C(=O)O)c2)C1=O. The summed E-state index contributed by atoms with van der Waals surface area (Å²) in [5, 5.41) is 8.87. The van der Waals surface area contributed by atoms with Crippen LogP contribution in [0.15, 0.2) is 24.3 Å². The lowest BCUT2D eigenvalue weighted by Gasteiger charge is -2.17. The lowest BCUT2D eigenvalue weighted by Crippen LogP contribution is -2.29. The number of nitrogens with two attached hydrogens (primary N) is 1. The molecule has 96 valence electrons. The van der Waals surface area contributed by atoms with Gasteiger partial charge in [-0.05, 0) is 17.7 Å². The molecule has 1 aromatic carbocycles. The van der Waals surface area contributed by atoms with Crippen LogP contribution in [0, 0.1) is 0 Å². The highest BCUT2D eigenvalue weighted by Gasteiger charge is 2.27. The largest absolute Gasteiger partial charge is 0.480 e. The van der Waals surface area contributed by atoms with Crippen molar-refractivity contribution in [3.63, 3.8) is 0 Å². The Morgan fingerprint density at radius 3 is 2.72 bits per heavy atom. The number of carboxylic acid groups (broad SMARTS) is 1. The van der Waals surface area contributed by atoms with Crippen LogP contribution in [0.2, 0.25) is 0 Å². The van der Waals surface area contributed by atoms with Crippen molar-refractivity contribution in [2.75, 3.05) is 25.0 Å². The van der Waals surface area contributed by atoms with Gasteiger partial charge in [0.2, 0.25) is 0 Å². The standard InChI is InChI=1S/C12H15N3O3/c1-14-5-6-15(12(14)18)9-4-2-3-8(7-9)10(13)11(16)17/h2-4,7,10H,5-6,13H2,1H3,(H,16,17). The molecular weight excluding hydrogens is 234 g/mol. The molecule has 0 saturated carbocycles. The molecule has 18 heavy (non-hydrogen) atoms. The Balaban J connectivity index is 2.28. The number of hydrogen-bond acceptors (Lipinski definition) is 3. The monoisotopic (exact) mass is 249 g/mol. The predicted octanol–water partition coefficient (Wildman–Crippen LogP) is 0.643. The molecule has 2 amide bonds. The molecule has 0 bridgehead atoms. The Morgan fingerprint density at radius 2 is 2.17 bits per heavy atom. The zero-order valence-electron chi connectivity index (χ0n) is 10.0. The third-order valence-electron chi connectivity index (χ3n) is 3.02. The van der Waals surface area contributed by atoms with Crippen molar-refractivity contribution in [3.8, 4) is 0 Å². The normalized spacial score (nSPS) is 17.1. The lowest BCUT2D eigenvalue weighted by atomic mass is 10.1. The number of carbonyl (C=O) groups excluding carboxylic acids is 1. The molecule has 1 fully saturated rings. The highest BCUT2D eigenvalue weighted by Crippen LogP contribution is 2.23. The maximum absolute atomic E-state index is 11.8. The fourth-order valence-corrected chi connectivity index (χ4v) is 1.92. The third kappa shape index (κ3) is 2.14. The van der Waals surface area contributed by atoms with Gasteiger partial charge < -0.3 is 15.7 Å². The van der Waals surface area contributed by atoms with E-state index < -0.39 is 12.0 Å². The Morgan fingerprint density at radius 1 is 1.44 bits per heavy atom. The van der Waals surface area contributed by atoms with Crippen molar-refractivity contribution in [1.82, 2.24) is 4.90 Å². The summed E-state index contributed by atoms with van der Waals surface area (Å²) in [6, 6.07) is 5.62. The van der Waals surface area contributed by atoms with E-state index in [1.165, 1.54) is 0 Å². The molecule has 0 aliphatic carbocycles. The molecular formula is C12H15N3O3. The van der Waals surface area contributed by atoms with Gasteiger partial charge in [0.15, 0.2) is 0 Å². The summed E-state index contributed by atoms with van der Waals surface area (Å²) < 4.78 is 0. The highest BCUT2D eigenvalue weighted by molar-refractivity contribution is 5.94. The Labute approximate surface area is 105 Å². The van der Waals surface area contributed by atoms with Crippen LogP contribution < -0.4 is 10.6 Å². The number of amides is 2. The average molecular weight is 249 g/mol. The molecule has 1 aliphatic rings. The number of likely N-dealkylation sites (N-methyl/N-ethyl adjacent to an activating group) is 1. The van der Waals surface area contributed by atoms with Gasteiger partial charge >= 0.3 is 12.0 Å². The first-order valence-corrected chi connectivity index (χ1v) is 5.61. The van der Waals surface area contributed by atoms with Crippen LogP contribution in [-0.2, 0) is 4.79 Å². The second kappa shape index (κ2) is 4.66. The van der Waals surface area contributed by atoms with Crippen LogP contribution in [0.25, 0.3) is 0 Å². The van der Waals surface area contributed by atoms with E-state index in [0.717, 1.165) is 0 Å². The van der Waals surface area contributed by atoms with E-state index in [9.17, 15) is 9.59 Å². The zero-order chi connectivity index (χ0) is 13.3. The topological polar surface area (TPSA) is 86.9 Å². The van der Waals surface area contributed by atoms with Crippen molar-refractivity contribution < 1.29 is 14.7 Å². The first-order valence-electron chi connectivity index (χ1n) is 5.61. The van der Waals surface area contributed by atoms with Crippen LogP contribution in [0.4, 0.5) is 10.5 Å². The number of carbonyl (C=O) groups is 2. The number of carboxylic acids is 1. The van der Waals surface area contributed by atoms with Crippen LogP contribution in [-0.4, -0.2) is 42.1 Å². The van der Waals surface area contributed by atoms with Gasteiger partial charge in [-0.15, -0.1) is 0 Å². The van der Waals surface area contributed by atoms with Gasteiger partial charge in [0.25, 0.3) is 0 Å². The minimum Gasteiger partial charge on any atom is -0.480 e. The van der Waals surface area contributed by atoms with Crippen LogP contribution in [0.3, 0.4) is 0 Å². The summed E-state index contributed by atoms with van der Waals surface area (Å²) in [7, 11) is 1.73. The average Bonchev–Trinajstić information content (AvgIpc) is 2.69. The summed E-state index contributed by atoms with van der Waals surface area (Å²) >= 11 is 0. The Hall–Kier alpha value is -2.08. The minimum atomic E-state index is -1.09. The van der Waals surface area contributed by atoms with Gasteiger partial charge in [0.05, 0.1) is 0 Å². The minimum absolute atomic E-state index is 0.0870. The molecule has 0 aromatic heterocycles. The second-order valence-electron chi connectivity index (χ2n) is 4.27. The lowest BCUT2D eigenvalue weighted by molar-refractivity contribution is -0.138. The van der Waals surface area contributed by atoms with Crippen molar-refractivity contribution in [1.29, 1.82) is 0 Å². The van der Waals surface area contributed by atoms with Crippen molar-refractivity contribution >= 4 is 17.7 Å². The quantitative estimate of drug-likeness (QED) is 0.823. The Kier molecular flexibility index (Phi) is 3.20. The zero-order valence-corrected chi connectivity index (χ0v) is 10.0. The summed E-state index contributed by atoms with van der Waals surface area (Å²) in [5.41, 5.74) is 6.72. The molecule has 1 atom stereocenters. The molecule has 1 aromatic rings. The molecule has 0 radical (unpaired) electrons. The van der Waals surface area contributed by atoms with E-state index >= 15 is 0 Å². The number of hydrogen-bond donors (Lipinski definition) is 2. The molecule has 1 heterocycles. The van der Waals surface area contributed by atoms with E-state index in [-0.39, 0.29) is 6.03 Å². The first kappa shape index (κ1) is 12.4. The van der Waals surface area contributed by atoms with E-state index in [2.05, 4.69) is 0 Å². The summed E-state index contributed by atoms with van der Waals surface area (Å²) in [4.78, 5) is 25.9. The molecule has 6 heteroatoms. The fourth-order valence-electron chi connectivity index (χ4n) is 1.92. The smallest absolute Gasteiger partial charge is 0.325 e. The molecule has 0 spiro atoms. The van der Waals surface area contributed by atoms with Crippen LogP contribution >= 0.6 is 0 Å². The number of urea groups is 1. The second-order valence-corrected chi connectivity index (χ2v) is 4.27. The van der Waals surface area contributed by atoms with E-state index in [1.807, 2.05) is 0 Å². The number of rotatable bonds is 3. The van der Waals surface area contributed by atoms with Gasteiger partial charge in [0, 0.05) is 25.8 Å². The predicted molar refractivity (Wildman–Crippen MR) is 66.4 cm³/mol. The molecule has 1 aliphatic heterocycles. The van der Waals surface area contributed by atoms with Crippen molar-refractivity contribution in [3.05, 3.63) is 29.8 Å². The van der Waals surface area contributed by atoms with Crippen molar-refractivity contribution in [2.24, 2.45) is 5.73 Å². The number of benzene rings is 1. The molecule has 2 rings (SSSR count). The highest BCUT2D eigenvalue weighted by atomic mass is 16.4. The first-order chi connectivity index (χ1) is 8.50. The van der Waals surface area contributed by atoms with Crippen LogP contribution in [0.1, 0.15) is 11.6 Å².